The fourth-order valence-electron chi connectivity index (χ4n) is 3.05. The minimum atomic E-state index is 0.0534. The van der Waals surface area contributed by atoms with Crippen LogP contribution in [0.4, 0.5) is 5.69 Å². The second-order valence-electron chi connectivity index (χ2n) is 6.03. The van der Waals surface area contributed by atoms with Crippen LogP contribution in [0.1, 0.15) is 25.1 Å². The van der Waals surface area contributed by atoms with E-state index in [4.69, 9.17) is 5.11 Å². The third-order valence-corrected chi connectivity index (χ3v) is 4.00. The molecule has 0 saturated carbocycles. The first-order chi connectivity index (χ1) is 9.01. The van der Waals surface area contributed by atoms with Crippen LogP contribution in [-0.4, -0.2) is 23.7 Å². The fourth-order valence-corrected chi connectivity index (χ4v) is 3.05. The molecule has 0 fully saturated rings. The van der Waals surface area contributed by atoms with Crippen LogP contribution in [0.5, 0.6) is 0 Å². The highest BCUT2D eigenvalue weighted by Crippen LogP contribution is 2.41. The molecule has 0 aliphatic carbocycles. The zero-order valence-electron chi connectivity index (χ0n) is 11.7. The summed E-state index contributed by atoms with van der Waals surface area (Å²) in [7, 11) is 2.14. The Kier molecular flexibility index (Phi) is 2.68. The molecule has 19 heavy (non-hydrogen) atoms. The molecule has 0 unspecified atom stereocenters. The maximum Gasteiger partial charge on any atom is 0.0830 e. The Bertz CT molecular complexity index is 613. The summed E-state index contributed by atoms with van der Waals surface area (Å²) in [4.78, 5) is 5.55. The molecule has 1 aromatic heterocycles. The van der Waals surface area contributed by atoms with Gasteiger partial charge in [0.1, 0.15) is 0 Å². The lowest BCUT2D eigenvalue weighted by Crippen LogP contribution is -2.24. The van der Waals surface area contributed by atoms with Crippen LogP contribution in [0.15, 0.2) is 30.3 Å². The number of aromatic amines is 1. The zero-order valence-corrected chi connectivity index (χ0v) is 11.7. The van der Waals surface area contributed by atoms with E-state index in [0.29, 0.717) is 0 Å². The summed E-state index contributed by atoms with van der Waals surface area (Å²) in [5.74, 6) is 0. The van der Waals surface area contributed by atoms with Crippen molar-refractivity contribution in [3.63, 3.8) is 0 Å². The van der Waals surface area contributed by atoms with Gasteiger partial charge in [-0.1, -0.05) is 26.0 Å². The Labute approximate surface area is 113 Å². The van der Waals surface area contributed by atoms with Crippen molar-refractivity contribution in [3.8, 4) is 11.3 Å². The number of hydrogen-bond donors (Lipinski definition) is 2. The number of fused-ring (bicyclic) bond motifs is 1. The van der Waals surface area contributed by atoms with Crippen molar-refractivity contribution >= 4 is 5.69 Å². The quantitative estimate of drug-likeness (QED) is 0.867. The van der Waals surface area contributed by atoms with Crippen molar-refractivity contribution in [2.24, 2.45) is 0 Å². The summed E-state index contributed by atoms with van der Waals surface area (Å²) in [6.07, 6.45) is 0. The molecule has 3 heteroatoms. The third kappa shape index (κ3) is 1.94. The molecule has 0 atom stereocenters. The van der Waals surface area contributed by atoms with Crippen LogP contribution in [0.2, 0.25) is 0 Å². The Balaban J connectivity index is 2.05. The molecule has 0 radical (unpaired) electrons. The van der Waals surface area contributed by atoms with Gasteiger partial charge in [0, 0.05) is 36.1 Å². The van der Waals surface area contributed by atoms with Gasteiger partial charge in [-0.3, -0.25) is 0 Å². The van der Waals surface area contributed by atoms with E-state index in [1.807, 2.05) is 12.1 Å². The predicted molar refractivity (Wildman–Crippen MR) is 78.4 cm³/mol. The van der Waals surface area contributed by atoms with Crippen molar-refractivity contribution in [1.82, 2.24) is 4.98 Å². The van der Waals surface area contributed by atoms with Crippen LogP contribution < -0.4 is 4.90 Å². The van der Waals surface area contributed by atoms with E-state index >= 15 is 0 Å². The molecule has 100 valence electrons. The van der Waals surface area contributed by atoms with Gasteiger partial charge < -0.3 is 15.0 Å². The zero-order chi connectivity index (χ0) is 13.6. The van der Waals surface area contributed by atoms with Crippen molar-refractivity contribution in [2.45, 2.75) is 25.9 Å². The number of aliphatic hydroxyl groups excluding tert-OH is 1. The molecule has 0 amide bonds. The lowest BCUT2D eigenvalue weighted by molar-refractivity contribution is 0.277. The molecule has 2 aromatic rings. The number of rotatable bonds is 2. The Hall–Kier alpha value is -1.74. The Morgan fingerprint density at radius 1 is 1.26 bits per heavy atom. The average Bonchev–Trinajstić information content (AvgIpc) is 2.93. The highest BCUT2D eigenvalue weighted by Gasteiger charge is 2.33. The molecule has 3 rings (SSSR count). The van der Waals surface area contributed by atoms with Crippen molar-refractivity contribution in [2.75, 3.05) is 18.5 Å². The fraction of sp³-hybridized carbons (Fsp3) is 0.375. The monoisotopic (exact) mass is 256 g/mol. The first-order valence-corrected chi connectivity index (χ1v) is 6.66. The smallest absolute Gasteiger partial charge is 0.0830 e. The van der Waals surface area contributed by atoms with Crippen LogP contribution in [-0.2, 0) is 12.0 Å². The van der Waals surface area contributed by atoms with Gasteiger partial charge in [-0.2, -0.15) is 0 Å². The van der Waals surface area contributed by atoms with E-state index in [0.717, 1.165) is 17.9 Å². The number of H-pyrrole nitrogens is 1. The second-order valence-corrected chi connectivity index (χ2v) is 6.03. The molecule has 0 bridgehead atoms. The standard InChI is InChI=1S/C16H20N2O/c1-16(2)10-18(3)15-8-11(4-6-13(15)16)14-7-5-12(9-19)17-14/h4-8,17,19H,9-10H2,1-3H3. The topological polar surface area (TPSA) is 39.3 Å². The lowest BCUT2D eigenvalue weighted by atomic mass is 9.86. The Morgan fingerprint density at radius 3 is 2.74 bits per heavy atom. The normalized spacial score (nSPS) is 16.7. The number of aromatic nitrogens is 1. The number of anilines is 1. The van der Waals surface area contributed by atoms with Crippen molar-refractivity contribution < 1.29 is 5.11 Å². The van der Waals surface area contributed by atoms with Gasteiger partial charge in [0.05, 0.1) is 6.61 Å². The van der Waals surface area contributed by atoms with Gasteiger partial charge in [-0.25, -0.2) is 0 Å². The molecule has 1 aliphatic rings. The maximum absolute atomic E-state index is 9.12. The van der Waals surface area contributed by atoms with Crippen LogP contribution in [0.3, 0.4) is 0 Å². The Morgan fingerprint density at radius 2 is 2.05 bits per heavy atom. The summed E-state index contributed by atoms with van der Waals surface area (Å²) in [5.41, 5.74) is 6.02. The number of aliphatic hydroxyl groups is 1. The summed E-state index contributed by atoms with van der Waals surface area (Å²) in [6.45, 7) is 5.68. The second kappa shape index (κ2) is 4.14. The number of nitrogens with zero attached hydrogens (tertiary/aromatic N) is 1. The van der Waals surface area contributed by atoms with Gasteiger partial charge in [-0.15, -0.1) is 0 Å². The van der Waals surface area contributed by atoms with E-state index in [1.165, 1.54) is 16.8 Å². The van der Waals surface area contributed by atoms with Gasteiger partial charge in [-0.05, 0) is 29.3 Å². The molecular weight excluding hydrogens is 236 g/mol. The van der Waals surface area contributed by atoms with E-state index < -0.39 is 0 Å². The third-order valence-electron chi connectivity index (χ3n) is 4.00. The van der Waals surface area contributed by atoms with Crippen molar-refractivity contribution in [1.29, 1.82) is 0 Å². The van der Waals surface area contributed by atoms with Crippen LogP contribution in [0, 0.1) is 0 Å². The molecule has 1 aromatic carbocycles. The molecule has 1 aliphatic heterocycles. The number of nitrogens with one attached hydrogen (secondary N) is 1. The van der Waals surface area contributed by atoms with Crippen LogP contribution >= 0.6 is 0 Å². The molecule has 0 spiro atoms. The van der Waals surface area contributed by atoms with Crippen molar-refractivity contribution in [3.05, 3.63) is 41.6 Å². The van der Waals surface area contributed by atoms with E-state index in [9.17, 15) is 0 Å². The molecule has 2 N–H and O–H groups in total. The number of hydrogen-bond acceptors (Lipinski definition) is 2. The summed E-state index contributed by atoms with van der Waals surface area (Å²) in [5, 5.41) is 9.12. The summed E-state index contributed by atoms with van der Waals surface area (Å²) in [6, 6.07) is 10.6. The molecule has 3 nitrogen and oxygen atoms in total. The van der Waals surface area contributed by atoms with Gasteiger partial charge in [0.15, 0.2) is 0 Å². The minimum absolute atomic E-state index is 0.0534. The minimum Gasteiger partial charge on any atom is -0.390 e. The maximum atomic E-state index is 9.12. The average molecular weight is 256 g/mol. The largest absolute Gasteiger partial charge is 0.390 e. The SMILES string of the molecule is CN1CC(C)(C)c2ccc(-c3ccc(CO)[nH]3)cc21. The summed E-state index contributed by atoms with van der Waals surface area (Å²) >= 11 is 0. The molecular formula is C16H20N2O. The molecule has 0 saturated heterocycles. The van der Waals surface area contributed by atoms with Gasteiger partial charge in [0.2, 0.25) is 0 Å². The van der Waals surface area contributed by atoms with E-state index in [2.05, 4.69) is 49.0 Å². The first-order valence-electron chi connectivity index (χ1n) is 6.66. The first kappa shape index (κ1) is 12.3. The summed E-state index contributed by atoms with van der Waals surface area (Å²) < 4.78 is 0. The van der Waals surface area contributed by atoms with Crippen LogP contribution in [0.25, 0.3) is 11.3 Å². The van der Waals surface area contributed by atoms with Gasteiger partial charge in [0.25, 0.3) is 0 Å². The number of likely N-dealkylation sites (N-methyl/N-ethyl adjacent to an activating group) is 1. The predicted octanol–water partition coefficient (Wildman–Crippen LogP) is 2.90. The van der Waals surface area contributed by atoms with Gasteiger partial charge >= 0.3 is 0 Å². The highest BCUT2D eigenvalue weighted by atomic mass is 16.3. The number of benzene rings is 1. The van der Waals surface area contributed by atoms with E-state index in [1.54, 1.807) is 0 Å². The lowest BCUT2D eigenvalue weighted by Gasteiger charge is -2.18. The highest BCUT2D eigenvalue weighted by molar-refractivity contribution is 5.72. The molecule has 2 heterocycles. The van der Waals surface area contributed by atoms with E-state index in [-0.39, 0.29) is 12.0 Å².